The molecule has 0 bridgehead atoms. The van der Waals surface area contributed by atoms with Crippen LogP contribution in [0.4, 0.5) is 0 Å². The monoisotopic (exact) mass is 420 g/mol. The van der Waals surface area contributed by atoms with Crippen LogP contribution in [-0.4, -0.2) is 60.2 Å². The number of carbonyl (C=O) groups excluding carboxylic acids is 1. The molecule has 1 atom stereocenters. The Morgan fingerprint density at radius 1 is 0.968 bits per heavy atom. The van der Waals surface area contributed by atoms with Gasteiger partial charge in [0.15, 0.2) is 0 Å². The van der Waals surface area contributed by atoms with E-state index in [1.54, 1.807) is 0 Å². The predicted molar refractivity (Wildman–Crippen MR) is 120 cm³/mol. The molecule has 31 heavy (non-hydrogen) atoms. The topological polar surface area (TPSA) is 42.0 Å². The van der Waals surface area contributed by atoms with Gasteiger partial charge < -0.3 is 14.4 Å². The summed E-state index contributed by atoms with van der Waals surface area (Å²) in [5, 5.41) is 0. The zero-order valence-electron chi connectivity index (χ0n) is 18.2. The maximum atomic E-state index is 13.3. The number of amides is 1. The molecule has 3 aliphatic rings. The molecule has 0 aliphatic carbocycles. The maximum Gasteiger partial charge on any atom is 0.254 e. The molecule has 3 heterocycles. The molecular weight excluding hydrogens is 388 g/mol. The van der Waals surface area contributed by atoms with Gasteiger partial charge in [0, 0.05) is 31.6 Å². The van der Waals surface area contributed by atoms with Gasteiger partial charge in [-0.3, -0.25) is 9.69 Å². The van der Waals surface area contributed by atoms with E-state index in [0.29, 0.717) is 6.61 Å². The summed E-state index contributed by atoms with van der Waals surface area (Å²) in [5.74, 6) is 1.06. The highest BCUT2D eigenvalue weighted by atomic mass is 16.6. The average Bonchev–Trinajstić information content (AvgIpc) is 3.45. The number of hydrogen-bond acceptors (Lipinski definition) is 4. The van der Waals surface area contributed by atoms with Crippen LogP contribution in [0, 0.1) is 0 Å². The first kappa shape index (κ1) is 20.5. The number of likely N-dealkylation sites (tertiary alicyclic amines) is 2. The molecule has 5 nitrogen and oxygen atoms in total. The largest absolute Gasteiger partial charge is 0.488 e. The SMILES string of the molecule is O=C(c1ccccc1CN1CCCC1)N1CCC2(CC1)CC(Oc1ccccc1)CO2. The van der Waals surface area contributed by atoms with Crippen LogP contribution >= 0.6 is 0 Å². The number of hydrogen-bond donors (Lipinski definition) is 0. The molecule has 0 aromatic heterocycles. The molecule has 0 radical (unpaired) electrons. The Bertz CT molecular complexity index is 887. The van der Waals surface area contributed by atoms with E-state index in [0.717, 1.165) is 68.9 Å². The number of benzene rings is 2. The fraction of sp³-hybridized carbons (Fsp3) is 0.500. The predicted octanol–water partition coefficient (Wildman–Crippen LogP) is 4.13. The average molecular weight is 421 g/mol. The normalized spacial score (nSPS) is 23.4. The van der Waals surface area contributed by atoms with Crippen molar-refractivity contribution >= 4 is 5.91 Å². The minimum atomic E-state index is -0.148. The van der Waals surface area contributed by atoms with Gasteiger partial charge in [0.25, 0.3) is 5.91 Å². The summed E-state index contributed by atoms with van der Waals surface area (Å²) < 4.78 is 12.4. The molecule has 1 unspecified atom stereocenters. The summed E-state index contributed by atoms with van der Waals surface area (Å²) >= 11 is 0. The van der Waals surface area contributed by atoms with E-state index in [1.807, 2.05) is 53.4 Å². The second-order valence-electron chi connectivity index (χ2n) is 9.18. The summed E-state index contributed by atoms with van der Waals surface area (Å²) in [6, 6.07) is 18.1. The van der Waals surface area contributed by atoms with Crippen LogP contribution in [0.5, 0.6) is 5.75 Å². The minimum absolute atomic E-state index is 0.0887. The molecule has 3 aliphatic heterocycles. The van der Waals surface area contributed by atoms with Gasteiger partial charge in [-0.05, 0) is 62.5 Å². The molecule has 5 heteroatoms. The van der Waals surface area contributed by atoms with Gasteiger partial charge in [-0.2, -0.15) is 0 Å². The van der Waals surface area contributed by atoms with Crippen LogP contribution < -0.4 is 4.74 Å². The van der Waals surface area contributed by atoms with E-state index in [9.17, 15) is 4.79 Å². The van der Waals surface area contributed by atoms with Crippen molar-refractivity contribution in [2.45, 2.75) is 50.4 Å². The Morgan fingerprint density at radius 2 is 1.68 bits per heavy atom. The highest BCUT2D eigenvalue weighted by molar-refractivity contribution is 5.95. The molecule has 1 spiro atoms. The van der Waals surface area contributed by atoms with Gasteiger partial charge in [-0.25, -0.2) is 0 Å². The van der Waals surface area contributed by atoms with Crippen molar-refractivity contribution in [1.82, 2.24) is 9.80 Å². The summed E-state index contributed by atoms with van der Waals surface area (Å²) in [7, 11) is 0. The molecule has 2 aromatic carbocycles. The van der Waals surface area contributed by atoms with Crippen LogP contribution in [0.2, 0.25) is 0 Å². The van der Waals surface area contributed by atoms with Gasteiger partial charge in [0.2, 0.25) is 0 Å². The van der Waals surface area contributed by atoms with E-state index >= 15 is 0 Å². The third-order valence-corrected chi connectivity index (χ3v) is 7.02. The van der Waals surface area contributed by atoms with Gasteiger partial charge in [-0.15, -0.1) is 0 Å². The van der Waals surface area contributed by atoms with Crippen LogP contribution in [0.25, 0.3) is 0 Å². The lowest BCUT2D eigenvalue weighted by Crippen LogP contribution is -2.47. The molecule has 1 amide bonds. The first-order valence-corrected chi connectivity index (χ1v) is 11.7. The Morgan fingerprint density at radius 3 is 2.45 bits per heavy atom. The minimum Gasteiger partial charge on any atom is -0.488 e. The highest BCUT2D eigenvalue weighted by Gasteiger charge is 2.44. The fourth-order valence-electron chi connectivity index (χ4n) is 5.25. The molecule has 2 aromatic rings. The quantitative estimate of drug-likeness (QED) is 0.730. The molecule has 0 N–H and O–H groups in total. The van der Waals surface area contributed by atoms with Crippen molar-refractivity contribution in [3.63, 3.8) is 0 Å². The van der Waals surface area contributed by atoms with Crippen molar-refractivity contribution in [3.8, 4) is 5.75 Å². The van der Waals surface area contributed by atoms with Gasteiger partial charge >= 0.3 is 0 Å². The van der Waals surface area contributed by atoms with E-state index in [-0.39, 0.29) is 17.6 Å². The van der Waals surface area contributed by atoms with Gasteiger partial charge in [0.05, 0.1) is 12.2 Å². The molecule has 0 saturated carbocycles. The second-order valence-corrected chi connectivity index (χ2v) is 9.18. The lowest BCUT2D eigenvalue weighted by molar-refractivity contribution is -0.0396. The summed E-state index contributed by atoms with van der Waals surface area (Å²) in [6.07, 6.45) is 5.27. The fourth-order valence-corrected chi connectivity index (χ4v) is 5.25. The first-order chi connectivity index (χ1) is 15.2. The molecular formula is C26H32N2O3. The highest BCUT2D eigenvalue weighted by Crippen LogP contribution is 2.37. The van der Waals surface area contributed by atoms with Crippen LogP contribution in [0.3, 0.4) is 0 Å². The van der Waals surface area contributed by atoms with E-state index in [2.05, 4.69) is 11.0 Å². The second kappa shape index (κ2) is 9.01. The first-order valence-electron chi connectivity index (χ1n) is 11.7. The molecule has 164 valence electrons. The van der Waals surface area contributed by atoms with Crippen LogP contribution in [0.1, 0.15) is 48.0 Å². The van der Waals surface area contributed by atoms with Crippen molar-refractivity contribution in [3.05, 3.63) is 65.7 Å². The van der Waals surface area contributed by atoms with Crippen LogP contribution in [0.15, 0.2) is 54.6 Å². The third-order valence-electron chi connectivity index (χ3n) is 7.02. The number of para-hydroxylation sites is 1. The Labute approximate surface area is 184 Å². The zero-order chi connectivity index (χ0) is 21.1. The number of nitrogens with zero attached hydrogens (tertiary/aromatic N) is 2. The van der Waals surface area contributed by atoms with Crippen LogP contribution in [-0.2, 0) is 11.3 Å². The van der Waals surface area contributed by atoms with E-state index < -0.39 is 0 Å². The van der Waals surface area contributed by atoms with Gasteiger partial charge in [-0.1, -0.05) is 36.4 Å². The summed E-state index contributed by atoms with van der Waals surface area (Å²) in [5.41, 5.74) is 1.87. The lowest BCUT2D eigenvalue weighted by Gasteiger charge is -2.38. The Balaban J connectivity index is 1.19. The standard InChI is InChI=1S/C26H32N2O3/c29-25(24-11-5-4-8-21(24)19-27-14-6-7-15-27)28-16-12-26(13-17-28)18-23(20-30-26)31-22-9-2-1-3-10-22/h1-5,8-11,23H,6-7,12-20H2. The molecule has 3 fully saturated rings. The van der Waals surface area contributed by atoms with Crippen molar-refractivity contribution in [1.29, 1.82) is 0 Å². The number of rotatable bonds is 5. The maximum absolute atomic E-state index is 13.3. The number of carbonyl (C=O) groups is 1. The lowest BCUT2D eigenvalue weighted by atomic mass is 9.87. The third kappa shape index (κ3) is 4.63. The molecule has 3 saturated heterocycles. The van der Waals surface area contributed by atoms with Crippen molar-refractivity contribution in [2.75, 3.05) is 32.8 Å². The number of ether oxygens (including phenoxy) is 2. The summed E-state index contributed by atoms with van der Waals surface area (Å²) in [4.78, 5) is 17.8. The van der Waals surface area contributed by atoms with E-state index in [1.165, 1.54) is 12.8 Å². The van der Waals surface area contributed by atoms with Gasteiger partial charge in [0.1, 0.15) is 11.9 Å². The zero-order valence-corrected chi connectivity index (χ0v) is 18.2. The Hall–Kier alpha value is -2.37. The molecule has 5 rings (SSSR count). The van der Waals surface area contributed by atoms with Crippen molar-refractivity contribution in [2.24, 2.45) is 0 Å². The number of piperidine rings is 1. The van der Waals surface area contributed by atoms with E-state index in [4.69, 9.17) is 9.47 Å². The Kier molecular flexibility index (Phi) is 5.97. The summed E-state index contributed by atoms with van der Waals surface area (Å²) in [6.45, 7) is 5.27. The smallest absolute Gasteiger partial charge is 0.254 e. The van der Waals surface area contributed by atoms with Crippen molar-refractivity contribution < 1.29 is 14.3 Å².